The second-order valence-corrected chi connectivity index (χ2v) is 5.81. The number of carbonyl (C=O) groups is 2. The van der Waals surface area contributed by atoms with Gasteiger partial charge in [0.15, 0.2) is 0 Å². The Kier molecular flexibility index (Phi) is 4.10. The van der Waals surface area contributed by atoms with Crippen LogP contribution in [-0.2, 0) is 4.74 Å². The summed E-state index contributed by atoms with van der Waals surface area (Å²) in [5.41, 5.74) is 3.83. The third-order valence-electron chi connectivity index (χ3n) is 4.16. The fourth-order valence-electron chi connectivity index (χ4n) is 2.77. The van der Waals surface area contributed by atoms with Crippen molar-refractivity contribution >= 4 is 23.4 Å². The molecule has 130 valence electrons. The zero-order chi connectivity index (χ0) is 17.9. The van der Waals surface area contributed by atoms with Crippen LogP contribution in [0.5, 0.6) is 0 Å². The maximum Gasteiger partial charge on any atom is 0.414 e. The minimum atomic E-state index is -0.362. The first-order valence-corrected chi connectivity index (χ1v) is 8.16. The van der Waals surface area contributed by atoms with Crippen molar-refractivity contribution in [3.05, 3.63) is 66.4 Å². The normalized spacial score (nSPS) is 13.5. The van der Waals surface area contributed by atoms with Crippen molar-refractivity contribution in [2.45, 2.75) is 0 Å². The molecule has 0 radical (unpaired) electrons. The van der Waals surface area contributed by atoms with Crippen molar-refractivity contribution in [1.82, 2.24) is 10.2 Å². The van der Waals surface area contributed by atoms with Gasteiger partial charge in [-0.05, 0) is 48.0 Å². The monoisotopic (exact) mass is 348 g/mol. The van der Waals surface area contributed by atoms with E-state index in [1.807, 2.05) is 30.3 Å². The van der Waals surface area contributed by atoms with Gasteiger partial charge in [0.2, 0.25) is 0 Å². The second kappa shape index (κ2) is 6.72. The zero-order valence-corrected chi connectivity index (χ0v) is 13.8. The molecule has 1 aromatic heterocycles. The molecule has 0 spiro atoms. The zero-order valence-electron chi connectivity index (χ0n) is 13.8. The van der Waals surface area contributed by atoms with Gasteiger partial charge in [-0.1, -0.05) is 12.1 Å². The number of rotatable bonds is 4. The van der Waals surface area contributed by atoms with E-state index in [0.717, 1.165) is 11.3 Å². The topological polar surface area (TPSA) is 87.3 Å². The van der Waals surface area contributed by atoms with Crippen molar-refractivity contribution in [2.75, 3.05) is 23.4 Å². The lowest BCUT2D eigenvalue weighted by Gasteiger charge is -2.13. The minimum absolute atomic E-state index is 0.213. The van der Waals surface area contributed by atoms with Gasteiger partial charge in [0.25, 0.3) is 5.91 Å². The summed E-state index contributed by atoms with van der Waals surface area (Å²) in [5, 5.41) is 9.68. The fourth-order valence-corrected chi connectivity index (χ4v) is 2.77. The van der Waals surface area contributed by atoms with Crippen LogP contribution in [0.25, 0.3) is 11.3 Å². The predicted octanol–water partition coefficient (Wildman–Crippen LogP) is 3.29. The van der Waals surface area contributed by atoms with E-state index in [0.29, 0.717) is 30.1 Å². The van der Waals surface area contributed by atoms with E-state index in [1.54, 1.807) is 30.5 Å². The largest absolute Gasteiger partial charge is 0.447 e. The number of carbonyl (C=O) groups excluding carboxylic acids is 2. The molecule has 2 aromatic carbocycles. The highest BCUT2D eigenvalue weighted by atomic mass is 16.6. The molecular weight excluding hydrogens is 332 g/mol. The van der Waals surface area contributed by atoms with Crippen LogP contribution in [0.4, 0.5) is 16.2 Å². The molecule has 2 amide bonds. The summed E-state index contributed by atoms with van der Waals surface area (Å²) in [7, 11) is 0. The Morgan fingerprint density at radius 3 is 2.46 bits per heavy atom. The average molecular weight is 348 g/mol. The molecule has 1 aliphatic heterocycles. The molecule has 1 saturated heterocycles. The van der Waals surface area contributed by atoms with E-state index in [9.17, 15) is 9.59 Å². The summed E-state index contributed by atoms with van der Waals surface area (Å²) < 4.78 is 4.91. The molecule has 4 rings (SSSR count). The molecule has 1 aliphatic rings. The molecule has 1 fully saturated rings. The molecule has 7 nitrogen and oxygen atoms in total. The van der Waals surface area contributed by atoms with Crippen molar-refractivity contribution < 1.29 is 14.3 Å². The van der Waals surface area contributed by atoms with E-state index >= 15 is 0 Å². The maximum atomic E-state index is 12.4. The highest BCUT2D eigenvalue weighted by Gasteiger charge is 2.23. The van der Waals surface area contributed by atoms with Gasteiger partial charge < -0.3 is 10.1 Å². The molecule has 2 N–H and O–H groups in total. The van der Waals surface area contributed by atoms with Crippen LogP contribution in [0.1, 0.15) is 10.4 Å². The lowest BCUT2D eigenvalue weighted by Crippen LogP contribution is -2.23. The summed E-state index contributed by atoms with van der Waals surface area (Å²) in [6.45, 7) is 0.905. The molecule has 3 aromatic rings. The Labute approximate surface area is 149 Å². The number of H-pyrrole nitrogens is 1. The third-order valence-corrected chi connectivity index (χ3v) is 4.16. The van der Waals surface area contributed by atoms with Crippen molar-refractivity contribution in [1.29, 1.82) is 0 Å². The first-order chi connectivity index (χ1) is 12.7. The maximum absolute atomic E-state index is 12.4. The molecular formula is C19H16N4O3. The van der Waals surface area contributed by atoms with Gasteiger partial charge in [-0.3, -0.25) is 14.8 Å². The van der Waals surface area contributed by atoms with Gasteiger partial charge in [-0.2, -0.15) is 5.10 Å². The van der Waals surface area contributed by atoms with Crippen LogP contribution >= 0.6 is 0 Å². The van der Waals surface area contributed by atoms with Gasteiger partial charge in [-0.25, -0.2) is 4.79 Å². The van der Waals surface area contributed by atoms with Crippen molar-refractivity contribution in [2.24, 2.45) is 0 Å². The smallest absolute Gasteiger partial charge is 0.414 e. The summed E-state index contributed by atoms with van der Waals surface area (Å²) in [5.74, 6) is -0.213. The Hall–Kier alpha value is -3.61. The van der Waals surface area contributed by atoms with Crippen molar-refractivity contribution in [3.8, 4) is 11.3 Å². The van der Waals surface area contributed by atoms with Gasteiger partial charge in [0.05, 0.1) is 12.2 Å². The summed E-state index contributed by atoms with van der Waals surface area (Å²) >= 11 is 0. The SMILES string of the molecule is O=C(Nc1ccc(-c2ccn[nH]2)cc1)c1ccc(N2CCOC2=O)cc1. The molecule has 0 unspecified atom stereocenters. The number of nitrogens with zero attached hydrogens (tertiary/aromatic N) is 2. The van der Waals surface area contributed by atoms with Crippen LogP contribution < -0.4 is 10.2 Å². The fraction of sp³-hybridized carbons (Fsp3) is 0.105. The number of cyclic esters (lactones) is 1. The number of aromatic amines is 1. The molecule has 26 heavy (non-hydrogen) atoms. The first kappa shape index (κ1) is 15.9. The molecule has 0 bridgehead atoms. The molecule has 7 heteroatoms. The van der Waals surface area contributed by atoms with Gasteiger partial charge in [0.1, 0.15) is 6.61 Å². The first-order valence-electron chi connectivity index (χ1n) is 8.16. The minimum Gasteiger partial charge on any atom is -0.447 e. The number of anilines is 2. The Morgan fingerprint density at radius 2 is 1.85 bits per heavy atom. The number of hydrogen-bond acceptors (Lipinski definition) is 4. The predicted molar refractivity (Wildman–Crippen MR) is 97.1 cm³/mol. The average Bonchev–Trinajstić information content (AvgIpc) is 3.34. The van der Waals surface area contributed by atoms with E-state index in [-0.39, 0.29) is 12.0 Å². The number of nitrogens with one attached hydrogen (secondary N) is 2. The van der Waals surface area contributed by atoms with E-state index in [4.69, 9.17) is 4.74 Å². The lowest BCUT2D eigenvalue weighted by molar-refractivity contribution is 0.102. The van der Waals surface area contributed by atoms with Gasteiger partial charge in [-0.15, -0.1) is 0 Å². The second-order valence-electron chi connectivity index (χ2n) is 5.81. The summed E-state index contributed by atoms with van der Waals surface area (Å²) in [6.07, 6.45) is 1.33. The Morgan fingerprint density at radius 1 is 1.08 bits per heavy atom. The summed E-state index contributed by atoms with van der Waals surface area (Å²) in [6, 6.07) is 16.2. The molecule has 0 saturated carbocycles. The number of ether oxygens (including phenoxy) is 1. The Bertz CT molecular complexity index is 918. The standard InChI is InChI=1S/C19H16N4O3/c24-18(14-3-7-16(8-4-14)23-11-12-26-19(23)25)21-15-5-1-13(2-6-15)17-9-10-20-22-17/h1-10H,11-12H2,(H,20,22)(H,21,24). The van der Waals surface area contributed by atoms with Crippen LogP contribution in [-0.4, -0.2) is 35.3 Å². The van der Waals surface area contributed by atoms with Gasteiger partial charge >= 0.3 is 6.09 Å². The number of benzene rings is 2. The number of aromatic nitrogens is 2. The Balaban J connectivity index is 1.43. The highest BCUT2D eigenvalue weighted by molar-refractivity contribution is 6.04. The molecule has 2 heterocycles. The van der Waals surface area contributed by atoms with E-state index in [2.05, 4.69) is 15.5 Å². The highest BCUT2D eigenvalue weighted by Crippen LogP contribution is 2.21. The van der Waals surface area contributed by atoms with E-state index < -0.39 is 0 Å². The van der Waals surface area contributed by atoms with E-state index in [1.165, 1.54) is 4.90 Å². The number of amides is 2. The third kappa shape index (κ3) is 3.14. The molecule has 0 atom stereocenters. The van der Waals surface area contributed by atoms with Crippen molar-refractivity contribution in [3.63, 3.8) is 0 Å². The summed E-state index contributed by atoms with van der Waals surface area (Å²) in [4.78, 5) is 25.5. The molecule has 0 aliphatic carbocycles. The lowest BCUT2D eigenvalue weighted by atomic mass is 10.1. The van der Waals surface area contributed by atoms with Crippen LogP contribution in [0.15, 0.2) is 60.8 Å². The van der Waals surface area contributed by atoms with Crippen LogP contribution in [0.2, 0.25) is 0 Å². The van der Waals surface area contributed by atoms with Gasteiger partial charge in [0, 0.05) is 23.1 Å². The van der Waals surface area contributed by atoms with Crippen LogP contribution in [0.3, 0.4) is 0 Å². The quantitative estimate of drug-likeness (QED) is 0.757. The number of hydrogen-bond donors (Lipinski definition) is 2. The van der Waals surface area contributed by atoms with Crippen LogP contribution in [0, 0.1) is 0 Å².